The number of hydrogen-bond acceptors (Lipinski definition) is 8. The lowest BCUT2D eigenvalue weighted by molar-refractivity contribution is 0.364. The lowest BCUT2D eigenvalue weighted by atomic mass is 10.1. The maximum Gasteiger partial charge on any atom is 0.239 e. The summed E-state index contributed by atoms with van der Waals surface area (Å²) in [5.74, 6) is -1.04. The van der Waals surface area contributed by atoms with Gasteiger partial charge in [-0.15, -0.1) is 0 Å². The summed E-state index contributed by atoms with van der Waals surface area (Å²) in [5, 5.41) is 29.9. The van der Waals surface area contributed by atoms with Crippen LogP contribution in [0.4, 0.5) is 0 Å². The minimum absolute atomic E-state index is 0.00810. The van der Waals surface area contributed by atoms with Gasteiger partial charge in [0.25, 0.3) is 0 Å². The van der Waals surface area contributed by atoms with E-state index in [0.717, 1.165) is 6.07 Å². The Balaban J connectivity index is 2.43. The third-order valence-electron chi connectivity index (χ3n) is 3.91. The quantitative estimate of drug-likeness (QED) is 0.608. The Morgan fingerprint density at radius 2 is 1.58 bits per heavy atom. The van der Waals surface area contributed by atoms with E-state index in [0.29, 0.717) is 5.56 Å². The number of methoxy groups -OCH3 is 3. The summed E-state index contributed by atoms with van der Waals surface area (Å²) in [5.41, 5.74) is -0.571. The summed E-state index contributed by atoms with van der Waals surface area (Å²) in [4.78, 5) is 12.8. The van der Waals surface area contributed by atoms with Gasteiger partial charge in [-0.1, -0.05) is 0 Å². The van der Waals surface area contributed by atoms with E-state index >= 15 is 0 Å². The molecule has 0 fully saturated rings. The summed E-state index contributed by atoms with van der Waals surface area (Å²) < 4.78 is 20.9. The Morgan fingerprint density at radius 1 is 0.885 bits per heavy atom. The van der Waals surface area contributed by atoms with Crippen LogP contribution in [-0.4, -0.2) is 36.6 Å². The highest BCUT2D eigenvalue weighted by molar-refractivity contribution is 5.93. The molecule has 0 aliphatic rings. The molecule has 2 aromatic carbocycles. The van der Waals surface area contributed by atoms with E-state index in [9.17, 15) is 20.1 Å². The van der Waals surface area contributed by atoms with Crippen molar-refractivity contribution in [2.45, 2.75) is 0 Å². The van der Waals surface area contributed by atoms with Gasteiger partial charge in [0.15, 0.2) is 28.6 Å². The van der Waals surface area contributed by atoms with Gasteiger partial charge >= 0.3 is 0 Å². The van der Waals surface area contributed by atoms with Gasteiger partial charge in [0.2, 0.25) is 16.9 Å². The zero-order valence-electron chi connectivity index (χ0n) is 14.2. The molecule has 0 aliphatic carbocycles. The summed E-state index contributed by atoms with van der Waals surface area (Å²) >= 11 is 0. The van der Waals surface area contributed by atoms with Gasteiger partial charge in [0.1, 0.15) is 11.1 Å². The van der Waals surface area contributed by atoms with Crippen molar-refractivity contribution in [1.82, 2.24) is 0 Å². The van der Waals surface area contributed by atoms with Crippen LogP contribution in [0.2, 0.25) is 0 Å². The van der Waals surface area contributed by atoms with Crippen molar-refractivity contribution in [3.8, 4) is 45.8 Å². The van der Waals surface area contributed by atoms with Gasteiger partial charge in [-0.3, -0.25) is 4.79 Å². The molecule has 0 amide bonds. The van der Waals surface area contributed by atoms with Crippen LogP contribution in [0, 0.1) is 0 Å². The predicted molar refractivity (Wildman–Crippen MR) is 92.6 cm³/mol. The maximum atomic E-state index is 12.8. The molecule has 136 valence electrons. The highest BCUT2D eigenvalue weighted by Gasteiger charge is 2.24. The van der Waals surface area contributed by atoms with Crippen LogP contribution < -0.4 is 19.6 Å². The molecule has 0 bridgehead atoms. The van der Waals surface area contributed by atoms with Crippen molar-refractivity contribution in [1.29, 1.82) is 0 Å². The second kappa shape index (κ2) is 6.40. The van der Waals surface area contributed by atoms with Crippen LogP contribution in [0.5, 0.6) is 34.5 Å². The minimum atomic E-state index is -0.675. The smallest absolute Gasteiger partial charge is 0.239 e. The number of phenols is 3. The number of rotatable bonds is 4. The topological polar surface area (TPSA) is 119 Å². The fraction of sp³-hybridized carbons (Fsp3) is 0.167. The maximum absolute atomic E-state index is 12.8. The third-order valence-corrected chi connectivity index (χ3v) is 3.91. The fourth-order valence-corrected chi connectivity index (χ4v) is 2.65. The molecular formula is C18H16O8. The third kappa shape index (κ3) is 2.52. The van der Waals surface area contributed by atoms with Crippen LogP contribution in [-0.2, 0) is 0 Å². The van der Waals surface area contributed by atoms with E-state index in [1.54, 1.807) is 0 Å². The molecule has 0 unspecified atom stereocenters. The molecule has 0 saturated carbocycles. The van der Waals surface area contributed by atoms with Crippen LogP contribution in [0.25, 0.3) is 22.3 Å². The molecule has 0 spiro atoms. The molecule has 3 aromatic rings. The zero-order chi connectivity index (χ0) is 19.0. The minimum Gasteiger partial charge on any atom is -0.507 e. The number of hydrogen-bond donors (Lipinski definition) is 3. The highest BCUT2D eigenvalue weighted by Crippen LogP contribution is 2.43. The summed E-state index contributed by atoms with van der Waals surface area (Å²) in [6, 6.07) is 5.40. The average Bonchev–Trinajstić information content (AvgIpc) is 2.64. The van der Waals surface area contributed by atoms with E-state index in [2.05, 4.69) is 0 Å². The average molecular weight is 360 g/mol. The summed E-state index contributed by atoms with van der Waals surface area (Å²) in [7, 11) is 3.95. The standard InChI is InChI=1S/C18H16O8/c1-23-11-6-8(4-5-9(11)19)16-18(25-3)15(22)13-10(20)7-12(24-2)14(21)17(13)26-16/h4-7,19-21H,1-3H3. The van der Waals surface area contributed by atoms with Gasteiger partial charge in [0.05, 0.1) is 21.3 Å². The van der Waals surface area contributed by atoms with Gasteiger partial charge in [-0.25, -0.2) is 0 Å². The molecule has 0 atom stereocenters. The summed E-state index contributed by atoms with van der Waals surface area (Å²) in [6.07, 6.45) is 0. The molecule has 8 heteroatoms. The molecule has 0 saturated heterocycles. The molecule has 0 aliphatic heterocycles. The normalized spacial score (nSPS) is 10.7. The predicted octanol–water partition coefficient (Wildman–Crippen LogP) is 2.60. The zero-order valence-corrected chi connectivity index (χ0v) is 14.2. The van der Waals surface area contributed by atoms with Gasteiger partial charge in [-0.2, -0.15) is 0 Å². The van der Waals surface area contributed by atoms with Crippen LogP contribution in [0.3, 0.4) is 0 Å². The monoisotopic (exact) mass is 360 g/mol. The molecule has 1 heterocycles. The first kappa shape index (κ1) is 17.3. The first-order chi connectivity index (χ1) is 12.4. The summed E-state index contributed by atoms with van der Waals surface area (Å²) in [6.45, 7) is 0. The number of aromatic hydroxyl groups is 3. The molecule has 3 rings (SSSR count). The Bertz CT molecular complexity index is 1050. The van der Waals surface area contributed by atoms with Gasteiger partial charge < -0.3 is 33.9 Å². The number of ether oxygens (including phenoxy) is 3. The van der Waals surface area contributed by atoms with Gasteiger partial charge in [-0.05, 0) is 18.2 Å². The molecule has 1 aromatic heterocycles. The largest absolute Gasteiger partial charge is 0.507 e. The van der Waals surface area contributed by atoms with Crippen molar-refractivity contribution in [2.75, 3.05) is 21.3 Å². The van der Waals surface area contributed by atoms with Gasteiger partial charge in [0, 0.05) is 11.6 Å². The lowest BCUT2D eigenvalue weighted by Gasteiger charge is -2.13. The lowest BCUT2D eigenvalue weighted by Crippen LogP contribution is -2.08. The Hall–Kier alpha value is -3.55. The van der Waals surface area contributed by atoms with E-state index in [4.69, 9.17) is 18.6 Å². The van der Waals surface area contributed by atoms with Crippen molar-refractivity contribution < 1.29 is 33.9 Å². The van der Waals surface area contributed by atoms with Crippen LogP contribution >= 0.6 is 0 Å². The Kier molecular flexibility index (Phi) is 4.25. The van der Waals surface area contributed by atoms with E-state index in [1.807, 2.05) is 0 Å². The van der Waals surface area contributed by atoms with Crippen LogP contribution in [0.15, 0.2) is 33.5 Å². The number of benzene rings is 2. The van der Waals surface area contributed by atoms with Crippen molar-refractivity contribution in [2.24, 2.45) is 0 Å². The molecule has 0 radical (unpaired) electrons. The fourth-order valence-electron chi connectivity index (χ4n) is 2.65. The molecular weight excluding hydrogens is 344 g/mol. The Labute approximate surface area is 147 Å². The van der Waals surface area contributed by atoms with E-state index in [-0.39, 0.29) is 39.7 Å². The van der Waals surface area contributed by atoms with Crippen molar-refractivity contribution in [3.63, 3.8) is 0 Å². The molecule has 3 N–H and O–H groups in total. The van der Waals surface area contributed by atoms with Crippen LogP contribution in [0.1, 0.15) is 0 Å². The van der Waals surface area contributed by atoms with Crippen molar-refractivity contribution in [3.05, 3.63) is 34.5 Å². The highest BCUT2D eigenvalue weighted by atomic mass is 16.5. The second-order valence-corrected chi connectivity index (χ2v) is 5.33. The molecule has 8 nitrogen and oxygen atoms in total. The van der Waals surface area contributed by atoms with E-state index < -0.39 is 16.9 Å². The van der Waals surface area contributed by atoms with E-state index in [1.165, 1.54) is 39.5 Å². The number of fused-ring (bicyclic) bond motifs is 1. The second-order valence-electron chi connectivity index (χ2n) is 5.33. The SMILES string of the molecule is COc1cc(-c2oc3c(O)c(OC)cc(O)c3c(=O)c2OC)ccc1O. The first-order valence-electron chi connectivity index (χ1n) is 7.44. The first-order valence-corrected chi connectivity index (χ1v) is 7.44. The number of phenolic OH excluding ortho intramolecular Hbond substituents is 3. The molecule has 26 heavy (non-hydrogen) atoms. The van der Waals surface area contributed by atoms with Crippen molar-refractivity contribution >= 4 is 11.0 Å². The Morgan fingerprint density at radius 3 is 2.19 bits per heavy atom.